The van der Waals surface area contributed by atoms with E-state index in [4.69, 9.17) is 0 Å². The molecule has 4 aliphatic rings. The number of para-hydroxylation sites is 1. The molecule has 0 fully saturated rings. The van der Waals surface area contributed by atoms with Gasteiger partial charge < -0.3 is 9.80 Å². The summed E-state index contributed by atoms with van der Waals surface area (Å²) in [5.74, 6) is 0. The molecule has 6 aromatic carbocycles. The minimum atomic E-state index is 0.0623. The zero-order chi connectivity index (χ0) is 44.5. The third-order valence-electron chi connectivity index (χ3n) is 16.4. The third kappa shape index (κ3) is 5.95. The van der Waals surface area contributed by atoms with Crippen molar-refractivity contribution < 1.29 is 0 Å². The number of aryl methyl sites for hydroxylation is 3. The van der Waals surface area contributed by atoms with Gasteiger partial charge in [0.1, 0.15) is 0 Å². The summed E-state index contributed by atoms with van der Waals surface area (Å²) in [7, 11) is 0. The Hall–Kier alpha value is -4.80. The molecule has 4 heteroatoms. The maximum absolute atomic E-state index is 2.69. The van der Waals surface area contributed by atoms with Crippen LogP contribution in [0.2, 0.25) is 0 Å². The molecule has 320 valence electrons. The fraction of sp³-hybridized carbons (Fsp3) is 0.390. The van der Waals surface area contributed by atoms with Crippen molar-refractivity contribution in [2.24, 2.45) is 0 Å². The number of nitrogens with zero attached hydrogens (tertiary/aromatic N) is 2. The van der Waals surface area contributed by atoms with Crippen LogP contribution < -0.4 is 26.2 Å². The Labute approximate surface area is 381 Å². The molecule has 2 aliphatic heterocycles. The summed E-state index contributed by atoms with van der Waals surface area (Å²) in [5.41, 5.74) is 23.9. The summed E-state index contributed by atoms with van der Waals surface area (Å²) < 4.78 is 2.80. The average Bonchev–Trinajstić information content (AvgIpc) is 3.56. The van der Waals surface area contributed by atoms with Crippen molar-refractivity contribution in [1.29, 1.82) is 0 Å². The monoisotopic (exact) mass is 844 g/mol. The Morgan fingerprint density at radius 2 is 0.968 bits per heavy atom. The Balaban J connectivity index is 1.27. The number of anilines is 6. The van der Waals surface area contributed by atoms with Crippen molar-refractivity contribution in [1.82, 2.24) is 0 Å². The van der Waals surface area contributed by atoms with Crippen molar-refractivity contribution in [3.63, 3.8) is 0 Å². The number of rotatable bonds is 2. The van der Waals surface area contributed by atoms with Crippen LogP contribution in [-0.4, -0.2) is 6.71 Å². The maximum Gasteiger partial charge on any atom is 0.252 e. The summed E-state index contributed by atoms with van der Waals surface area (Å²) >= 11 is 2.00. The first-order valence-electron chi connectivity index (χ1n) is 23.7. The van der Waals surface area contributed by atoms with Gasteiger partial charge in [-0.15, -0.1) is 11.3 Å². The molecule has 63 heavy (non-hydrogen) atoms. The van der Waals surface area contributed by atoms with Crippen LogP contribution in [-0.2, 0) is 27.1 Å². The fourth-order valence-electron chi connectivity index (χ4n) is 12.2. The quantitative estimate of drug-likeness (QED) is 0.160. The van der Waals surface area contributed by atoms with E-state index < -0.39 is 0 Å². The van der Waals surface area contributed by atoms with E-state index in [2.05, 4.69) is 198 Å². The van der Waals surface area contributed by atoms with Gasteiger partial charge in [0.2, 0.25) is 0 Å². The van der Waals surface area contributed by atoms with Crippen molar-refractivity contribution in [2.75, 3.05) is 9.80 Å². The normalized spacial score (nSPS) is 18.8. The lowest BCUT2D eigenvalue weighted by Crippen LogP contribution is -2.62. The summed E-state index contributed by atoms with van der Waals surface area (Å²) in [6.45, 7) is 33.8. The predicted molar refractivity (Wildman–Crippen MR) is 277 cm³/mol. The lowest BCUT2D eigenvalue weighted by Gasteiger charge is -2.48. The van der Waals surface area contributed by atoms with Gasteiger partial charge in [0.25, 0.3) is 6.71 Å². The van der Waals surface area contributed by atoms with Gasteiger partial charge in [-0.1, -0.05) is 113 Å². The smallest absolute Gasteiger partial charge is 0.252 e. The van der Waals surface area contributed by atoms with E-state index >= 15 is 0 Å². The van der Waals surface area contributed by atoms with Crippen LogP contribution >= 0.6 is 11.3 Å². The Kier molecular flexibility index (Phi) is 8.55. The molecule has 0 N–H and O–H groups in total. The molecule has 0 saturated carbocycles. The first kappa shape index (κ1) is 40.9. The molecule has 0 amide bonds. The standard InChI is InChI=1S/C59H65BN2S/c1-34-25-50-54-51(26-34)62(47-20-19-37(27-36(47)3)55(4,5)6)49-31-42-41(57(9,10)22-23-58(42,11)12)30-44(49)60(54)45-33-53-39(29-48(45)61(50)46-18-16-15-17-35(46)2)38-28-40-43(32-52(38)63-53)59(13,14)24-21-56(40,7)8/h15-20,25-33H,21-24H2,1-14H3. The van der Waals surface area contributed by atoms with Crippen LogP contribution in [0.15, 0.2) is 91.0 Å². The number of hydrogen-bond donors (Lipinski definition) is 0. The van der Waals surface area contributed by atoms with E-state index in [0.29, 0.717) is 0 Å². The van der Waals surface area contributed by atoms with E-state index in [9.17, 15) is 0 Å². The predicted octanol–water partition coefficient (Wildman–Crippen LogP) is 15.1. The number of thiophene rings is 1. The van der Waals surface area contributed by atoms with Gasteiger partial charge in [-0.3, -0.25) is 0 Å². The molecule has 0 bridgehead atoms. The highest BCUT2D eigenvalue weighted by molar-refractivity contribution is 7.26. The summed E-state index contributed by atoms with van der Waals surface area (Å²) in [6.07, 6.45) is 4.81. The molecule has 11 rings (SSSR count). The molecule has 0 radical (unpaired) electrons. The molecule has 1 aromatic heterocycles. The summed E-state index contributed by atoms with van der Waals surface area (Å²) in [4.78, 5) is 5.32. The van der Waals surface area contributed by atoms with Crippen LogP contribution in [0.4, 0.5) is 34.1 Å². The van der Waals surface area contributed by atoms with E-state index in [0.717, 1.165) is 0 Å². The highest BCUT2D eigenvalue weighted by Crippen LogP contribution is 2.53. The SMILES string of the molecule is Cc1cc2c3c(c1)N(c1ccccc1C)c1cc4c(cc1B3c1cc3c(cc1N2c1ccc(C(C)(C)C)cc1C)C(C)(C)CCC3(C)C)sc1cc2c(cc14)C(C)(C)CCC2(C)C. The van der Waals surface area contributed by atoms with E-state index in [1.165, 1.54) is 135 Å². The van der Waals surface area contributed by atoms with Gasteiger partial charge in [0.15, 0.2) is 0 Å². The highest BCUT2D eigenvalue weighted by Gasteiger charge is 2.47. The lowest BCUT2D eigenvalue weighted by molar-refractivity contribution is 0.332. The minimum absolute atomic E-state index is 0.0623. The molecular formula is C59H65BN2S. The Bertz CT molecular complexity index is 3110. The number of benzene rings is 6. The van der Waals surface area contributed by atoms with Crippen molar-refractivity contribution in [3.8, 4) is 0 Å². The topological polar surface area (TPSA) is 6.48 Å². The van der Waals surface area contributed by atoms with Crippen LogP contribution in [0.25, 0.3) is 20.2 Å². The number of hydrogen-bond acceptors (Lipinski definition) is 3. The van der Waals surface area contributed by atoms with Crippen LogP contribution in [0.3, 0.4) is 0 Å². The van der Waals surface area contributed by atoms with E-state index in [1.807, 2.05) is 11.3 Å². The number of fused-ring (bicyclic) bond motifs is 9. The van der Waals surface area contributed by atoms with Gasteiger partial charge >= 0.3 is 0 Å². The molecule has 2 aliphatic carbocycles. The van der Waals surface area contributed by atoms with Crippen molar-refractivity contribution >= 4 is 88.7 Å². The Morgan fingerprint density at radius 3 is 1.56 bits per heavy atom. The van der Waals surface area contributed by atoms with E-state index in [1.54, 1.807) is 5.56 Å². The molecule has 3 heterocycles. The fourth-order valence-corrected chi connectivity index (χ4v) is 13.4. The van der Waals surface area contributed by atoms with Gasteiger partial charge in [0, 0.05) is 54.3 Å². The highest BCUT2D eigenvalue weighted by atomic mass is 32.1. The molecule has 0 unspecified atom stereocenters. The van der Waals surface area contributed by atoms with Crippen LogP contribution in [0, 0.1) is 20.8 Å². The van der Waals surface area contributed by atoms with Crippen molar-refractivity contribution in [2.45, 2.75) is 150 Å². The summed E-state index contributed by atoms with van der Waals surface area (Å²) in [5, 5.41) is 2.79. The third-order valence-corrected chi connectivity index (χ3v) is 17.5. The van der Waals surface area contributed by atoms with Gasteiger partial charge in [-0.25, -0.2) is 0 Å². The zero-order valence-electron chi connectivity index (χ0n) is 40.4. The van der Waals surface area contributed by atoms with Gasteiger partial charge in [-0.2, -0.15) is 0 Å². The minimum Gasteiger partial charge on any atom is -0.311 e. The van der Waals surface area contributed by atoms with Gasteiger partial charge in [-0.05, 0) is 189 Å². The Morgan fingerprint density at radius 1 is 0.476 bits per heavy atom. The molecule has 2 nitrogen and oxygen atoms in total. The first-order valence-corrected chi connectivity index (χ1v) is 24.5. The zero-order valence-corrected chi connectivity index (χ0v) is 41.2. The molecule has 0 atom stereocenters. The van der Waals surface area contributed by atoms with Crippen molar-refractivity contribution in [3.05, 3.63) is 136 Å². The first-order chi connectivity index (χ1) is 29.6. The second kappa shape index (κ2) is 13.2. The molecular weight excluding hydrogens is 780 g/mol. The molecule has 0 spiro atoms. The second-order valence-electron chi connectivity index (χ2n) is 23.8. The second-order valence-corrected chi connectivity index (χ2v) is 24.8. The molecule has 0 saturated heterocycles. The van der Waals surface area contributed by atoms with Gasteiger partial charge in [0.05, 0.1) is 0 Å². The molecule has 7 aromatic rings. The van der Waals surface area contributed by atoms with Crippen LogP contribution in [0.1, 0.15) is 146 Å². The lowest BCUT2D eigenvalue weighted by atomic mass is 9.33. The van der Waals surface area contributed by atoms with Crippen LogP contribution in [0.5, 0.6) is 0 Å². The average molecular weight is 845 g/mol. The summed E-state index contributed by atoms with van der Waals surface area (Å²) in [6, 6.07) is 37.0. The maximum atomic E-state index is 2.69. The van der Waals surface area contributed by atoms with E-state index in [-0.39, 0.29) is 33.8 Å². The largest absolute Gasteiger partial charge is 0.311 e.